The first-order valence-corrected chi connectivity index (χ1v) is 6.60. The number of nitrogens with two attached hydrogens (primary N) is 1. The Morgan fingerprint density at radius 1 is 1.39 bits per heavy atom. The first kappa shape index (κ1) is 15.2. The highest BCUT2D eigenvalue weighted by Crippen LogP contribution is 2.53. The summed E-state index contributed by atoms with van der Waals surface area (Å²) in [4.78, 5) is 0. The van der Waals surface area contributed by atoms with E-state index >= 15 is 0 Å². The highest BCUT2D eigenvalue weighted by molar-refractivity contribution is 5.40. The van der Waals surface area contributed by atoms with Crippen molar-refractivity contribution >= 4 is 0 Å². The minimum atomic E-state index is -0.228. The maximum absolute atomic E-state index is 14.3. The Morgan fingerprint density at radius 3 is 2.22 bits per heavy atom. The Morgan fingerprint density at radius 2 is 1.89 bits per heavy atom. The van der Waals surface area contributed by atoms with Gasteiger partial charge in [0.2, 0.25) is 0 Å². The Labute approximate surface area is 111 Å². The average Bonchev–Trinajstić information content (AvgIpc) is 2.95. The fraction of sp³-hybridized carbons (Fsp3) is 0.625. The van der Waals surface area contributed by atoms with Crippen LogP contribution >= 0.6 is 0 Å². The molecule has 102 valence electrons. The minimum Gasteiger partial charge on any atom is -0.324 e. The summed E-state index contributed by atoms with van der Waals surface area (Å²) in [7, 11) is 0. The summed E-state index contributed by atoms with van der Waals surface area (Å²) in [5.41, 5.74) is 7.46. The third-order valence-electron chi connectivity index (χ3n) is 3.84. The molecule has 1 rings (SSSR count). The van der Waals surface area contributed by atoms with Crippen LogP contribution in [-0.4, -0.2) is 6.04 Å². The van der Waals surface area contributed by atoms with Gasteiger partial charge in [-0.25, -0.2) is 4.39 Å². The van der Waals surface area contributed by atoms with E-state index in [2.05, 4.69) is 13.5 Å². The molecule has 1 atom stereocenters. The Kier molecular flexibility index (Phi) is 4.22. The number of allylic oxidation sites excluding steroid dienone is 3. The molecule has 2 N–H and O–H groups in total. The third-order valence-corrected chi connectivity index (χ3v) is 3.84. The summed E-state index contributed by atoms with van der Waals surface area (Å²) in [6.07, 6.45) is 5.50. The fourth-order valence-electron chi connectivity index (χ4n) is 2.12. The SMILES string of the molecule is C=C(/C=C(F)\C(=C/C)C1(C)CC1)C(N)C(C)(C)C. The van der Waals surface area contributed by atoms with Gasteiger partial charge in [0.1, 0.15) is 5.83 Å². The molecule has 0 aliphatic heterocycles. The molecule has 0 radical (unpaired) electrons. The van der Waals surface area contributed by atoms with Crippen molar-refractivity contribution < 1.29 is 4.39 Å². The molecule has 2 heteroatoms. The Hall–Kier alpha value is -0.890. The average molecular weight is 251 g/mol. The summed E-state index contributed by atoms with van der Waals surface area (Å²) in [5.74, 6) is -0.179. The van der Waals surface area contributed by atoms with E-state index in [9.17, 15) is 4.39 Å². The molecule has 18 heavy (non-hydrogen) atoms. The summed E-state index contributed by atoms with van der Waals surface area (Å²) in [6, 6.07) is -0.228. The summed E-state index contributed by atoms with van der Waals surface area (Å²) in [5, 5.41) is 0. The number of halogens is 1. The molecule has 1 saturated carbocycles. The van der Waals surface area contributed by atoms with E-state index in [0.29, 0.717) is 5.57 Å². The lowest BCUT2D eigenvalue weighted by Crippen LogP contribution is -2.36. The zero-order valence-corrected chi connectivity index (χ0v) is 12.3. The van der Waals surface area contributed by atoms with E-state index in [1.54, 1.807) is 0 Å². The first-order chi connectivity index (χ1) is 8.12. The van der Waals surface area contributed by atoms with E-state index in [1.807, 2.05) is 33.8 Å². The van der Waals surface area contributed by atoms with Crippen molar-refractivity contribution in [1.82, 2.24) is 0 Å². The second kappa shape index (κ2) is 5.00. The summed E-state index contributed by atoms with van der Waals surface area (Å²) >= 11 is 0. The van der Waals surface area contributed by atoms with Crippen molar-refractivity contribution in [3.8, 4) is 0 Å². The number of rotatable bonds is 4. The molecule has 1 aliphatic carbocycles. The molecule has 0 aromatic carbocycles. The van der Waals surface area contributed by atoms with E-state index in [1.165, 1.54) is 6.08 Å². The minimum absolute atomic E-state index is 0.0292. The van der Waals surface area contributed by atoms with Crippen molar-refractivity contribution in [1.29, 1.82) is 0 Å². The lowest BCUT2D eigenvalue weighted by Gasteiger charge is -2.27. The van der Waals surface area contributed by atoms with Crippen molar-refractivity contribution in [2.24, 2.45) is 16.6 Å². The highest BCUT2D eigenvalue weighted by atomic mass is 19.1. The normalized spacial score (nSPS) is 21.7. The largest absolute Gasteiger partial charge is 0.324 e. The lowest BCUT2D eigenvalue weighted by molar-refractivity contribution is 0.357. The fourth-order valence-corrected chi connectivity index (χ4v) is 2.12. The second-order valence-corrected chi connectivity index (χ2v) is 6.67. The van der Waals surface area contributed by atoms with Gasteiger partial charge < -0.3 is 5.73 Å². The van der Waals surface area contributed by atoms with Crippen LogP contribution in [0.2, 0.25) is 0 Å². The third kappa shape index (κ3) is 3.32. The molecule has 0 bridgehead atoms. The molecule has 1 unspecified atom stereocenters. The lowest BCUT2D eigenvalue weighted by atomic mass is 9.82. The zero-order chi connectivity index (χ0) is 14.1. The first-order valence-electron chi connectivity index (χ1n) is 6.60. The maximum atomic E-state index is 14.3. The van der Waals surface area contributed by atoms with Crippen molar-refractivity contribution in [3.63, 3.8) is 0 Å². The summed E-state index contributed by atoms with van der Waals surface area (Å²) < 4.78 is 14.3. The van der Waals surface area contributed by atoms with E-state index in [0.717, 1.165) is 18.4 Å². The van der Waals surface area contributed by atoms with Crippen molar-refractivity contribution in [2.45, 2.75) is 53.5 Å². The van der Waals surface area contributed by atoms with Crippen LogP contribution in [0.15, 0.2) is 35.7 Å². The standard InChI is InChI=1S/C16H26FN/c1-7-12(16(6)8-9-16)13(17)10-11(2)14(18)15(3,4)5/h7,10,14H,2,8-9,18H2,1,3-6H3/b12-7+,13-10+. The molecular weight excluding hydrogens is 225 g/mol. The van der Waals surface area contributed by atoms with Gasteiger partial charge in [0.25, 0.3) is 0 Å². The van der Waals surface area contributed by atoms with E-state index < -0.39 is 0 Å². The summed E-state index contributed by atoms with van der Waals surface area (Å²) in [6.45, 7) is 14.0. The van der Waals surface area contributed by atoms with Gasteiger partial charge in [-0.05, 0) is 47.8 Å². The van der Waals surface area contributed by atoms with Crippen LogP contribution in [-0.2, 0) is 0 Å². The van der Waals surface area contributed by atoms with Gasteiger partial charge >= 0.3 is 0 Å². The highest BCUT2D eigenvalue weighted by Gasteiger charge is 2.42. The van der Waals surface area contributed by atoms with Crippen LogP contribution in [0.25, 0.3) is 0 Å². The molecule has 0 heterocycles. The quantitative estimate of drug-likeness (QED) is 0.731. The molecular formula is C16H26FN. The molecule has 0 aromatic rings. The molecule has 1 aliphatic rings. The van der Waals surface area contributed by atoms with Gasteiger partial charge in [0.15, 0.2) is 0 Å². The molecule has 0 aromatic heterocycles. The van der Waals surface area contributed by atoms with Crippen LogP contribution in [0, 0.1) is 10.8 Å². The van der Waals surface area contributed by atoms with Gasteiger partial charge in [0, 0.05) is 6.04 Å². The predicted molar refractivity (Wildman–Crippen MR) is 76.9 cm³/mol. The number of hydrogen-bond donors (Lipinski definition) is 1. The van der Waals surface area contributed by atoms with Gasteiger partial charge in [-0.2, -0.15) is 0 Å². The Bertz CT molecular complexity index is 392. The van der Waals surface area contributed by atoms with Gasteiger partial charge in [-0.15, -0.1) is 0 Å². The molecule has 0 saturated heterocycles. The predicted octanol–water partition coefficient (Wildman–Crippen LogP) is 4.52. The molecule has 0 amide bonds. The van der Waals surface area contributed by atoms with E-state index in [-0.39, 0.29) is 22.7 Å². The van der Waals surface area contributed by atoms with Crippen molar-refractivity contribution in [3.05, 3.63) is 35.7 Å². The van der Waals surface area contributed by atoms with Crippen molar-refractivity contribution in [2.75, 3.05) is 0 Å². The number of hydrogen-bond acceptors (Lipinski definition) is 1. The maximum Gasteiger partial charge on any atom is 0.126 e. The van der Waals surface area contributed by atoms with Crippen LogP contribution in [0.4, 0.5) is 4.39 Å². The smallest absolute Gasteiger partial charge is 0.126 e. The molecule has 0 spiro atoms. The van der Waals surface area contributed by atoms with Crippen LogP contribution in [0.3, 0.4) is 0 Å². The van der Waals surface area contributed by atoms with Crippen LogP contribution in [0.1, 0.15) is 47.5 Å². The van der Waals surface area contributed by atoms with Gasteiger partial charge in [0.05, 0.1) is 0 Å². The van der Waals surface area contributed by atoms with E-state index in [4.69, 9.17) is 5.73 Å². The van der Waals surface area contributed by atoms with Gasteiger partial charge in [-0.1, -0.05) is 40.3 Å². The topological polar surface area (TPSA) is 26.0 Å². The monoisotopic (exact) mass is 251 g/mol. The Balaban J connectivity index is 2.87. The van der Waals surface area contributed by atoms with Crippen LogP contribution < -0.4 is 5.73 Å². The van der Waals surface area contributed by atoms with Gasteiger partial charge in [-0.3, -0.25) is 0 Å². The zero-order valence-electron chi connectivity index (χ0n) is 12.3. The van der Waals surface area contributed by atoms with Crippen LogP contribution in [0.5, 0.6) is 0 Å². The second-order valence-electron chi connectivity index (χ2n) is 6.67. The molecule has 1 fully saturated rings. The molecule has 1 nitrogen and oxygen atoms in total.